The zero-order valence-electron chi connectivity index (χ0n) is 8.66. The first kappa shape index (κ1) is 12.7. The lowest BCUT2D eigenvalue weighted by atomic mass is 10.0. The number of amides is 2. The molecule has 2 unspecified atom stereocenters. The quantitative estimate of drug-likeness (QED) is 0.333. The Morgan fingerprint density at radius 2 is 2.00 bits per heavy atom. The van der Waals surface area contributed by atoms with E-state index >= 15 is 0 Å². The molecule has 2 amide bonds. The molecule has 0 aliphatic rings. The molecule has 2 atom stereocenters. The van der Waals surface area contributed by atoms with Gasteiger partial charge in [-0.15, -0.1) is 0 Å². The average molecular weight is 203 g/mol. The van der Waals surface area contributed by atoms with E-state index < -0.39 is 6.09 Å². The van der Waals surface area contributed by atoms with Gasteiger partial charge in [0, 0.05) is 12.0 Å². The minimum atomic E-state index is -0.502. The van der Waals surface area contributed by atoms with Crippen LogP contribution in [0, 0.1) is 5.92 Å². The van der Waals surface area contributed by atoms with Crippen LogP contribution in [0.15, 0.2) is 0 Å². The fourth-order valence-corrected chi connectivity index (χ4v) is 1.10. The molecule has 6 nitrogen and oxygen atoms in total. The standard InChI is InChI=1S/C8H17N3O3/c1-5(7(12)11-9)4-6(2)10-8(13)14-3/h5-6H,4,9H2,1-3H3,(H,10,13)(H,11,12). The monoisotopic (exact) mass is 203 g/mol. The van der Waals surface area contributed by atoms with Gasteiger partial charge in [-0.3, -0.25) is 10.2 Å². The summed E-state index contributed by atoms with van der Waals surface area (Å²) in [6, 6.07) is -0.130. The molecule has 6 heteroatoms. The highest BCUT2D eigenvalue weighted by atomic mass is 16.5. The summed E-state index contributed by atoms with van der Waals surface area (Å²) in [7, 11) is 1.29. The van der Waals surface area contributed by atoms with E-state index in [9.17, 15) is 9.59 Å². The van der Waals surface area contributed by atoms with Gasteiger partial charge in [0.25, 0.3) is 0 Å². The molecule has 0 bridgehead atoms. The molecule has 82 valence electrons. The van der Waals surface area contributed by atoms with E-state index in [4.69, 9.17) is 5.84 Å². The molecule has 4 N–H and O–H groups in total. The molecule has 0 fully saturated rings. The molecule has 0 saturated carbocycles. The van der Waals surface area contributed by atoms with Crippen LogP contribution in [0.2, 0.25) is 0 Å². The van der Waals surface area contributed by atoms with Crippen molar-refractivity contribution in [3.63, 3.8) is 0 Å². The summed E-state index contributed by atoms with van der Waals surface area (Å²) in [5.41, 5.74) is 2.05. The normalized spacial score (nSPS) is 14.0. The molecule has 0 saturated heterocycles. The van der Waals surface area contributed by atoms with Crippen molar-refractivity contribution in [2.45, 2.75) is 26.3 Å². The summed E-state index contributed by atoms with van der Waals surface area (Å²) in [6.45, 7) is 3.52. The van der Waals surface area contributed by atoms with Crippen LogP contribution in [-0.2, 0) is 9.53 Å². The molecule has 0 spiro atoms. The first-order chi connectivity index (χ1) is 6.51. The maximum Gasteiger partial charge on any atom is 0.407 e. The van der Waals surface area contributed by atoms with Gasteiger partial charge < -0.3 is 10.1 Å². The Balaban J connectivity index is 3.87. The van der Waals surface area contributed by atoms with Crippen molar-refractivity contribution in [3.8, 4) is 0 Å². The van der Waals surface area contributed by atoms with E-state index in [1.165, 1.54) is 7.11 Å². The number of carbonyl (C=O) groups is 2. The Hall–Kier alpha value is -1.30. The van der Waals surface area contributed by atoms with Gasteiger partial charge in [-0.1, -0.05) is 6.92 Å². The maximum absolute atomic E-state index is 11.0. The first-order valence-corrected chi connectivity index (χ1v) is 4.36. The van der Waals surface area contributed by atoms with Crippen LogP contribution in [0.5, 0.6) is 0 Å². The minimum absolute atomic E-state index is 0.130. The minimum Gasteiger partial charge on any atom is -0.453 e. The van der Waals surface area contributed by atoms with Crippen molar-refractivity contribution in [1.82, 2.24) is 10.7 Å². The molecular weight excluding hydrogens is 186 g/mol. The van der Waals surface area contributed by atoms with Crippen molar-refractivity contribution in [2.24, 2.45) is 11.8 Å². The zero-order valence-corrected chi connectivity index (χ0v) is 8.66. The van der Waals surface area contributed by atoms with E-state index in [-0.39, 0.29) is 17.9 Å². The molecule has 0 aliphatic heterocycles. The van der Waals surface area contributed by atoms with Gasteiger partial charge in [-0.05, 0) is 13.3 Å². The number of methoxy groups -OCH3 is 1. The van der Waals surface area contributed by atoms with Crippen molar-refractivity contribution < 1.29 is 14.3 Å². The van der Waals surface area contributed by atoms with Gasteiger partial charge in [0.05, 0.1) is 7.11 Å². The summed E-state index contributed by atoms with van der Waals surface area (Å²) in [5.74, 6) is 4.47. The van der Waals surface area contributed by atoms with E-state index in [2.05, 4.69) is 15.5 Å². The number of carbonyl (C=O) groups excluding carboxylic acids is 2. The molecule has 0 rings (SSSR count). The van der Waals surface area contributed by atoms with Crippen LogP contribution < -0.4 is 16.6 Å². The summed E-state index contributed by atoms with van der Waals surface area (Å²) < 4.78 is 4.41. The second kappa shape index (κ2) is 6.20. The van der Waals surface area contributed by atoms with Gasteiger partial charge in [-0.25, -0.2) is 10.6 Å². The molecule has 0 aromatic heterocycles. The maximum atomic E-state index is 11.0. The Bertz CT molecular complexity index is 208. The third-order valence-corrected chi connectivity index (χ3v) is 1.85. The third kappa shape index (κ3) is 4.66. The fourth-order valence-electron chi connectivity index (χ4n) is 1.10. The van der Waals surface area contributed by atoms with Gasteiger partial charge in [0.1, 0.15) is 0 Å². The number of alkyl carbamates (subject to hydrolysis) is 1. The molecule has 0 radical (unpaired) electrons. The predicted molar refractivity (Wildman–Crippen MR) is 51.1 cm³/mol. The van der Waals surface area contributed by atoms with Crippen LogP contribution in [0.3, 0.4) is 0 Å². The predicted octanol–water partition coefficient (Wildman–Crippen LogP) is -0.253. The number of rotatable bonds is 4. The molecule has 14 heavy (non-hydrogen) atoms. The molecule has 0 aromatic rings. The number of ether oxygens (including phenoxy) is 1. The van der Waals surface area contributed by atoms with E-state index in [0.29, 0.717) is 6.42 Å². The summed E-state index contributed by atoms with van der Waals surface area (Å²) in [6.07, 6.45) is 0.0101. The smallest absolute Gasteiger partial charge is 0.407 e. The largest absolute Gasteiger partial charge is 0.453 e. The van der Waals surface area contributed by atoms with Gasteiger partial charge >= 0.3 is 6.09 Å². The van der Waals surface area contributed by atoms with Crippen molar-refractivity contribution >= 4 is 12.0 Å². The first-order valence-electron chi connectivity index (χ1n) is 4.36. The number of hydrogen-bond acceptors (Lipinski definition) is 4. The van der Waals surface area contributed by atoms with E-state index in [1.54, 1.807) is 13.8 Å². The number of nitrogens with one attached hydrogen (secondary N) is 2. The SMILES string of the molecule is COC(=O)NC(C)CC(C)C(=O)NN. The summed E-state index contributed by atoms with van der Waals surface area (Å²) in [4.78, 5) is 21.8. The van der Waals surface area contributed by atoms with Crippen LogP contribution in [0.4, 0.5) is 4.79 Å². The Kier molecular flexibility index (Phi) is 5.62. The van der Waals surface area contributed by atoms with Gasteiger partial charge in [0.15, 0.2) is 0 Å². The molecule has 0 aromatic carbocycles. The van der Waals surface area contributed by atoms with Crippen LogP contribution in [-0.4, -0.2) is 25.2 Å². The van der Waals surface area contributed by atoms with Crippen LogP contribution in [0.1, 0.15) is 20.3 Å². The second-order valence-corrected chi connectivity index (χ2v) is 3.18. The van der Waals surface area contributed by atoms with Crippen molar-refractivity contribution in [1.29, 1.82) is 0 Å². The lowest BCUT2D eigenvalue weighted by Crippen LogP contribution is -2.39. The molecular formula is C8H17N3O3. The lowest BCUT2D eigenvalue weighted by Gasteiger charge is -2.16. The second-order valence-electron chi connectivity index (χ2n) is 3.18. The van der Waals surface area contributed by atoms with Crippen LogP contribution in [0.25, 0.3) is 0 Å². The van der Waals surface area contributed by atoms with Crippen molar-refractivity contribution in [2.75, 3.05) is 7.11 Å². The Labute approximate surface area is 83.1 Å². The third-order valence-electron chi connectivity index (χ3n) is 1.85. The molecule has 0 heterocycles. The fraction of sp³-hybridized carbons (Fsp3) is 0.750. The highest BCUT2D eigenvalue weighted by Gasteiger charge is 2.16. The summed E-state index contributed by atoms with van der Waals surface area (Å²) in [5, 5.41) is 2.56. The van der Waals surface area contributed by atoms with Gasteiger partial charge in [0.2, 0.25) is 5.91 Å². The lowest BCUT2D eigenvalue weighted by molar-refractivity contribution is -0.124. The summed E-state index contributed by atoms with van der Waals surface area (Å²) >= 11 is 0. The number of hydrogen-bond donors (Lipinski definition) is 3. The Morgan fingerprint density at radius 3 is 2.43 bits per heavy atom. The highest BCUT2D eigenvalue weighted by Crippen LogP contribution is 2.05. The van der Waals surface area contributed by atoms with E-state index in [1.807, 2.05) is 0 Å². The van der Waals surface area contributed by atoms with E-state index in [0.717, 1.165) is 0 Å². The molecule has 0 aliphatic carbocycles. The number of nitrogens with two attached hydrogens (primary N) is 1. The number of hydrazine groups is 1. The van der Waals surface area contributed by atoms with Crippen LogP contribution >= 0.6 is 0 Å². The Morgan fingerprint density at radius 1 is 1.43 bits per heavy atom. The zero-order chi connectivity index (χ0) is 11.1. The van der Waals surface area contributed by atoms with Gasteiger partial charge in [-0.2, -0.15) is 0 Å². The highest BCUT2D eigenvalue weighted by molar-refractivity contribution is 5.77. The average Bonchev–Trinajstić information content (AvgIpc) is 2.15. The topological polar surface area (TPSA) is 93.4 Å². The van der Waals surface area contributed by atoms with Crippen molar-refractivity contribution in [3.05, 3.63) is 0 Å².